The van der Waals surface area contributed by atoms with Crippen LogP contribution in [0.1, 0.15) is 15.9 Å². The molecule has 0 radical (unpaired) electrons. The lowest BCUT2D eigenvalue weighted by Gasteiger charge is -2.09. The first-order valence-corrected chi connectivity index (χ1v) is 10.7. The number of hydrogen-bond acceptors (Lipinski definition) is 5. The maximum Gasteiger partial charge on any atom is 0.264 e. The molecule has 1 amide bonds. The molecular weight excluding hydrogens is 441 g/mol. The summed E-state index contributed by atoms with van der Waals surface area (Å²) in [6.07, 6.45) is 0. The summed E-state index contributed by atoms with van der Waals surface area (Å²) in [5.41, 5.74) is 1.50. The monoisotopic (exact) mass is 451 g/mol. The van der Waals surface area contributed by atoms with Gasteiger partial charge in [0.15, 0.2) is 0 Å². The lowest BCUT2D eigenvalue weighted by molar-refractivity contribution is 0.102. The minimum absolute atomic E-state index is 0.0631. The van der Waals surface area contributed by atoms with Crippen LogP contribution in [0.4, 0.5) is 11.4 Å². The normalized spacial score (nSPS) is 10.9. The number of thiophene rings is 1. The standard InChI is InChI=1S/C18H11Cl2N3O3S2/c19-16-9-15(17(20)27-16)28(25,26)23-13-6-4-12(5-7-13)18(24)22-14-3-1-2-11(8-14)10-21/h1-9,23H,(H,22,24). The number of nitrogens with one attached hydrogen (secondary N) is 2. The van der Waals surface area contributed by atoms with Crippen molar-refractivity contribution in [1.29, 1.82) is 5.26 Å². The number of anilines is 2. The fourth-order valence-corrected chi connectivity index (χ4v) is 5.49. The zero-order chi connectivity index (χ0) is 20.3. The smallest absolute Gasteiger partial charge is 0.264 e. The van der Waals surface area contributed by atoms with Crippen molar-refractivity contribution < 1.29 is 13.2 Å². The number of benzene rings is 2. The molecule has 3 aromatic rings. The first-order valence-electron chi connectivity index (χ1n) is 7.68. The van der Waals surface area contributed by atoms with Crippen molar-refractivity contribution in [2.45, 2.75) is 4.90 Å². The van der Waals surface area contributed by atoms with Gasteiger partial charge < -0.3 is 5.32 Å². The van der Waals surface area contributed by atoms with E-state index in [1.807, 2.05) is 6.07 Å². The van der Waals surface area contributed by atoms with Gasteiger partial charge in [0, 0.05) is 16.9 Å². The van der Waals surface area contributed by atoms with E-state index in [4.69, 9.17) is 28.5 Å². The van der Waals surface area contributed by atoms with Crippen LogP contribution in [-0.4, -0.2) is 14.3 Å². The predicted octanol–water partition coefficient (Wildman–Crippen LogP) is 4.98. The Morgan fingerprint density at radius 2 is 1.75 bits per heavy atom. The molecule has 142 valence electrons. The van der Waals surface area contributed by atoms with Gasteiger partial charge in [0.05, 0.1) is 16.0 Å². The van der Waals surface area contributed by atoms with Crippen LogP contribution >= 0.6 is 34.5 Å². The molecule has 28 heavy (non-hydrogen) atoms. The second kappa shape index (κ2) is 8.20. The number of halogens is 2. The van der Waals surface area contributed by atoms with Gasteiger partial charge in [-0.25, -0.2) is 8.42 Å². The third kappa shape index (κ3) is 4.64. The molecule has 2 N–H and O–H groups in total. The van der Waals surface area contributed by atoms with Gasteiger partial charge in [-0.2, -0.15) is 5.26 Å². The van der Waals surface area contributed by atoms with Crippen molar-refractivity contribution in [3.63, 3.8) is 0 Å². The SMILES string of the molecule is N#Cc1cccc(NC(=O)c2ccc(NS(=O)(=O)c3cc(Cl)sc3Cl)cc2)c1. The third-order valence-corrected chi connectivity index (χ3v) is 6.70. The molecule has 0 saturated carbocycles. The molecule has 0 atom stereocenters. The number of sulfonamides is 1. The van der Waals surface area contributed by atoms with Gasteiger partial charge in [-0.1, -0.05) is 29.3 Å². The van der Waals surface area contributed by atoms with E-state index in [1.165, 1.54) is 30.3 Å². The third-order valence-electron chi connectivity index (χ3n) is 3.56. The van der Waals surface area contributed by atoms with Gasteiger partial charge in [-0.05, 0) is 48.5 Å². The molecule has 10 heteroatoms. The molecule has 0 unspecified atom stereocenters. The van der Waals surface area contributed by atoms with Crippen LogP contribution < -0.4 is 10.0 Å². The molecule has 0 aliphatic rings. The lowest BCUT2D eigenvalue weighted by atomic mass is 10.1. The number of nitrogens with zero attached hydrogens (tertiary/aromatic N) is 1. The van der Waals surface area contributed by atoms with Crippen LogP contribution in [0.5, 0.6) is 0 Å². The lowest BCUT2D eigenvalue weighted by Crippen LogP contribution is -2.14. The number of carbonyl (C=O) groups is 1. The van der Waals surface area contributed by atoms with Gasteiger partial charge in [0.25, 0.3) is 15.9 Å². The predicted molar refractivity (Wildman–Crippen MR) is 111 cm³/mol. The molecule has 6 nitrogen and oxygen atoms in total. The molecule has 1 aromatic heterocycles. The summed E-state index contributed by atoms with van der Waals surface area (Å²) >= 11 is 12.7. The van der Waals surface area contributed by atoms with Gasteiger partial charge in [-0.15, -0.1) is 11.3 Å². The molecule has 0 bridgehead atoms. The Labute approximate surface area is 175 Å². The van der Waals surface area contributed by atoms with Gasteiger partial charge in [-0.3, -0.25) is 9.52 Å². The minimum Gasteiger partial charge on any atom is -0.322 e. The van der Waals surface area contributed by atoms with Gasteiger partial charge >= 0.3 is 0 Å². The van der Waals surface area contributed by atoms with E-state index in [0.29, 0.717) is 16.8 Å². The molecular formula is C18H11Cl2N3O3S2. The first kappa shape index (κ1) is 20.2. The Hall–Kier alpha value is -2.57. The van der Waals surface area contributed by atoms with Crippen molar-refractivity contribution in [3.05, 3.63) is 74.4 Å². The molecule has 0 fully saturated rings. The average molecular weight is 452 g/mol. The van der Waals surface area contributed by atoms with E-state index in [-0.39, 0.29) is 19.3 Å². The summed E-state index contributed by atoms with van der Waals surface area (Å²) in [4.78, 5) is 12.2. The summed E-state index contributed by atoms with van der Waals surface area (Å²) in [7, 11) is -3.90. The van der Waals surface area contributed by atoms with E-state index in [1.54, 1.807) is 24.3 Å². The second-order valence-electron chi connectivity index (χ2n) is 5.52. The zero-order valence-corrected chi connectivity index (χ0v) is 17.1. The number of amides is 1. The zero-order valence-electron chi connectivity index (χ0n) is 13.9. The molecule has 0 aliphatic heterocycles. The van der Waals surface area contributed by atoms with Crippen molar-refractivity contribution in [1.82, 2.24) is 0 Å². The topological polar surface area (TPSA) is 99.1 Å². The second-order valence-corrected chi connectivity index (χ2v) is 9.45. The number of rotatable bonds is 5. The van der Waals surface area contributed by atoms with Crippen LogP contribution in [-0.2, 0) is 10.0 Å². The fourth-order valence-electron chi connectivity index (χ4n) is 2.28. The first-order chi connectivity index (χ1) is 13.3. The van der Waals surface area contributed by atoms with Crippen LogP contribution in [0, 0.1) is 11.3 Å². The van der Waals surface area contributed by atoms with E-state index in [0.717, 1.165) is 11.3 Å². The Balaban J connectivity index is 1.73. The fraction of sp³-hybridized carbons (Fsp3) is 0. The van der Waals surface area contributed by atoms with Crippen LogP contribution in [0.15, 0.2) is 59.5 Å². The summed E-state index contributed by atoms with van der Waals surface area (Å²) in [5, 5.41) is 11.6. The van der Waals surface area contributed by atoms with Crippen molar-refractivity contribution >= 4 is 61.8 Å². The highest BCUT2D eigenvalue weighted by Gasteiger charge is 2.21. The summed E-state index contributed by atoms with van der Waals surface area (Å²) in [6.45, 7) is 0. The van der Waals surface area contributed by atoms with Crippen LogP contribution in [0.25, 0.3) is 0 Å². The highest BCUT2D eigenvalue weighted by molar-refractivity contribution is 7.93. The molecule has 0 aliphatic carbocycles. The van der Waals surface area contributed by atoms with Crippen molar-refractivity contribution in [3.8, 4) is 6.07 Å². The largest absolute Gasteiger partial charge is 0.322 e. The minimum atomic E-state index is -3.90. The van der Waals surface area contributed by atoms with Crippen LogP contribution in [0.3, 0.4) is 0 Å². The van der Waals surface area contributed by atoms with E-state index in [2.05, 4.69) is 10.0 Å². The summed E-state index contributed by atoms with van der Waals surface area (Å²) < 4.78 is 27.5. The van der Waals surface area contributed by atoms with E-state index < -0.39 is 15.9 Å². The van der Waals surface area contributed by atoms with Crippen molar-refractivity contribution in [2.75, 3.05) is 10.0 Å². The maximum atomic E-state index is 12.4. The Kier molecular flexibility index (Phi) is 5.91. The highest BCUT2D eigenvalue weighted by atomic mass is 35.5. The molecule has 2 aromatic carbocycles. The van der Waals surface area contributed by atoms with Gasteiger partial charge in [0.1, 0.15) is 9.23 Å². The molecule has 0 saturated heterocycles. The summed E-state index contributed by atoms with van der Waals surface area (Å²) in [5.74, 6) is -0.392. The Morgan fingerprint density at radius 3 is 2.36 bits per heavy atom. The Morgan fingerprint density at radius 1 is 1.04 bits per heavy atom. The number of carbonyl (C=O) groups excluding carboxylic acids is 1. The van der Waals surface area contributed by atoms with E-state index in [9.17, 15) is 13.2 Å². The highest BCUT2D eigenvalue weighted by Crippen LogP contribution is 2.35. The quantitative estimate of drug-likeness (QED) is 0.570. The van der Waals surface area contributed by atoms with E-state index >= 15 is 0 Å². The van der Waals surface area contributed by atoms with Crippen LogP contribution in [0.2, 0.25) is 8.67 Å². The molecule has 0 spiro atoms. The molecule has 1 heterocycles. The number of nitriles is 1. The maximum absolute atomic E-state index is 12.4. The number of hydrogen-bond donors (Lipinski definition) is 2. The summed E-state index contributed by atoms with van der Waals surface area (Å²) in [6, 6.07) is 15.6. The van der Waals surface area contributed by atoms with Gasteiger partial charge in [0.2, 0.25) is 0 Å². The molecule has 3 rings (SSSR count). The average Bonchev–Trinajstić information content (AvgIpc) is 3.01. The van der Waals surface area contributed by atoms with Crippen molar-refractivity contribution in [2.24, 2.45) is 0 Å². The Bertz CT molecular complexity index is 1180.